The molecule has 98 valence electrons. The van der Waals surface area contributed by atoms with E-state index in [9.17, 15) is 9.90 Å². The van der Waals surface area contributed by atoms with E-state index in [0.717, 1.165) is 11.1 Å². The lowest BCUT2D eigenvalue weighted by Crippen LogP contribution is -2.13. The van der Waals surface area contributed by atoms with Crippen LogP contribution in [0.3, 0.4) is 0 Å². The van der Waals surface area contributed by atoms with Gasteiger partial charge in [-0.25, -0.2) is 0 Å². The molecule has 0 aliphatic heterocycles. The number of aryl methyl sites for hydroxylation is 2. The molecule has 2 N–H and O–H groups in total. The summed E-state index contributed by atoms with van der Waals surface area (Å²) in [6.07, 6.45) is 0. The van der Waals surface area contributed by atoms with Gasteiger partial charge in [-0.15, -0.1) is 0 Å². The van der Waals surface area contributed by atoms with Crippen molar-refractivity contribution in [1.29, 1.82) is 0 Å². The van der Waals surface area contributed by atoms with Crippen molar-refractivity contribution in [2.45, 2.75) is 13.8 Å². The highest BCUT2D eigenvalue weighted by atomic mass is 35.5. The number of hydrogen-bond acceptors (Lipinski definition) is 2. The van der Waals surface area contributed by atoms with Gasteiger partial charge < -0.3 is 10.4 Å². The second-order valence-corrected chi connectivity index (χ2v) is 4.87. The number of anilines is 1. The van der Waals surface area contributed by atoms with Gasteiger partial charge in [-0.2, -0.15) is 0 Å². The second-order valence-electron chi connectivity index (χ2n) is 4.43. The standard InChI is InChI=1S/C15H14ClNO2/c1-9-3-6-12(14(18)7-9)15(19)17-13-8-11(16)5-4-10(13)2/h3-8,18H,1-2H3,(H,17,19). The highest BCUT2D eigenvalue weighted by Crippen LogP contribution is 2.23. The van der Waals surface area contributed by atoms with Crippen LogP contribution in [0.25, 0.3) is 0 Å². The molecule has 2 aromatic rings. The summed E-state index contributed by atoms with van der Waals surface area (Å²) >= 11 is 5.90. The number of carbonyl (C=O) groups excluding carboxylic acids is 1. The fourth-order valence-electron chi connectivity index (χ4n) is 1.75. The normalized spacial score (nSPS) is 10.3. The maximum absolute atomic E-state index is 12.1. The molecule has 2 aromatic carbocycles. The maximum atomic E-state index is 12.1. The molecular formula is C15H14ClNO2. The molecule has 19 heavy (non-hydrogen) atoms. The van der Waals surface area contributed by atoms with Crippen LogP contribution < -0.4 is 5.32 Å². The number of carbonyl (C=O) groups is 1. The van der Waals surface area contributed by atoms with Gasteiger partial charge in [0.1, 0.15) is 5.75 Å². The largest absolute Gasteiger partial charge is 0.507 e. The molecule has 0 aliphatic rings. The van der Waals surface area contributed by atoms with Crippen molar-refractivity contribution in [3.63, 3.8) is 0 Å². The van der Waals surface area contributed by atoms with E-state index < -0.39 is 0 Å². The molecule has 3 nitrogen and oxygen atoms in total. The lowest BCUT2D eigenvalue weighted by Gasteiger charge is -2.10. The third kappa shape index (κ3) is 3.06. The molecule has 0 heterocycles. The Bertz CT molecular complexity index is 638. The second kappa shape index (κ2) is 5.33. The van der Waals surface area contributed by atoms with Crippen LogP contribution in [0.1, 0.15) is 21.5 Å². The Morgan fingerprint density at radius 1 is 1.16 bits per heavy atom. The molecule has 4 heteroatoms. The zero-order valence-corrected chi connectivity index (χ0v) is 11.5. The SMILES string of the molecule is Cc1ccc(C(=O)Nc2cc(Cl)ccc2C)c(O)c1. The highest BCUT2D eigenvalue weighted by molar-refractivity contribution is 6.31. The van der Waals surface area contributed by atoms with Gasteiger partial charge in [0, 0.05) is 10.7 Å². The van der Waals surface area contributed by atoms with Crippen LogP contribution in [0.2, 0.25) is 5.02 Å². The van der Waals surface area contributed by atoms with E-state index in [0.29, 0.717) is 10.7 Å². The lowest BCUT2D eigenvalue weighted by atomic mass is 10.1. The Morgan fingerprint density at radius 2 is 1.89 bits per heavy atom. The number of phenols is 1. The van der Waals surface area contributed by atoms with E-state index in [1.54, 1.807) is 30.3 Å². The third-order valence-electron chi connectivity index (χ3n) is 2.85. The molecule has 0 spiro atoms. The number of benzene rings is 2. The van der Waals surface area contributed by atoms with Gasteiger partial charge in [0.05, 0.1) is 5.56 Å². The van der Waals surface area contributed by atoms with Gasteiger partial charge in [-0.3, -0.25) is 4.79 Å². The average molecular weight is 276 g/mol. The van der Waals surface area contributed by atoms with E-state index in [2.05, 4.69) is 5.32 Å². The summed E-state index contributed by atoms with van der Waals surface area (Å²) in [7, 11) is 0. The average Bonchev–Trinajstić information content (AvgIpc) is 2.33. The van der Waals surface area contributed by atoms with Gasteiger partial charge in [0.2, 0.25) is 0 Å². The molecule has 2 rings (SSSR count). The summed E-state index contributed by atoms with van der Waals surface area (Å²) in [5.74, 6) is -0.389. The van der Waals surface area contributed by atoms with Crippen molar-refractivity contribution < 1.29 is 9.90 Å². The predicted octanol–water partition coefficient (Wildman–Crippen LogP) is 3.91. The first-order chi connectivity index (χ1) is 8.97. The Hall–Kier alpha value is -2.00. The van der Waals surface area contributed by atoms with Gasteiger partial charge in [-0.1, -0.05) is 23.7 Å². The molecular weight excluding hydrogens is 262 g/mol. The van der Waals surface area contributed by atoms with Crippen LogP contribution >= 0.6 is 11.6 Å². The highest BCUT2D eigenvalue weighted by Gasteiger charge is 2.12. The van der Waals surface area contributed by atoms with E-state index in [1.807, 2.05) is 19.9 Å². The minimum absolute atomic E-state index is 0.0304. The molecule has 0 aromatic heterocycles. The van der Waals surface area contributed by atoms with Crippen LogP contribution in [0.15, 0.2) is 36.4 Å². The zero-order valence-electron chi connectivity index (χ0n) is 10.7. The molecule has 0 radical (unpaired) electrons. The van der Waals surface area contributed by atoms with Crippen LogP contribution in [0.4, 0.5) is 5.69 Å². The summed E-state index contributed by atoms with van der Waals surface area (Å²) in [5, 5.41) is 13.1. The molecule has 0 aliphatic carbocycles. The Kier molecular flexibility index (Phi) is 3.76. The zero-order chi connectivity index (χ0) is 14.0. The Balaban J connectivity index is 2.28. The van der Waals surface area contributed by atoms with Crippen molar-refractivity contribution in [2.24, 2.45) is 0 Å². The van der Waals surface area contributed by atoms with Gasteiger partial charge in [0.25, 0.3) is 5.91 Å². The minimum Gasteiger partial charge on any atom is -0.507 e. The molecule has 0 atom stereocenters. The van der Waals surface area contributed by atoms with E-state index in [1.165, 1.54) is 0 Å². The summed E-state index contributed by atoms with van der Waals surface area (Å²) in [4.78, 5) is 12.1. The van der Waals surface area contributed by atoms with E-state index in [-0.39, 0.29) is 17.2 Å². The number of nitrogens with one attached hydrogen (secondary N) is 1. The molecule has 0 unspecified atom stereocenters. The lowest BCUT2D eigenvalue weighted by molar-refractivity contribution is 0.102. The number of hydrogen-bond donors (Lipinski definition) is 2. The topological polar surface area (TPSA) is 49.3 Å². The smallest absolute Gasteiger partial charge is 0.259 e. The van der Waals surface area contributed by atoms with Crippen molar-refractivity contribution in [1.82, 2.24) is 0 Å². The van der Waals surface area contributed by atoms with Gasteiger partial charge >= 0.3 is 0 Å². The van der Waals surface area contributed by atoms with Crippen LogP contribution in [0.5, 0.6) is 5.75 Å². The monoisotopic (exact) mass is 275 g/mol. The first-order valence-electron chi connectivity index (χ1n) is 5.84. The number of amides is 1. The number of halogens is 1. The van der Waals surface area contributed by atoms with E-state index in [4.69, 9.17) is 11.6 Å². The van der Waals surface area contributed by atoms with E-state index >= 15 is 0 Å². The van der Waals surface area contributed by atoms with Crippen molar-refractivity contribution in [3.8, 4) is 5.75 Å². The summed E-state index contributed by atoms with van der Waals surface area (Å²) in [6, 6.07) is 10.2. The summed E-state index contributed by atoms with van der Waals surface area (Å²) < 4.78 is 0. The Labute approximate surface area is 116 Å². The molecule has 1 amide bonds. The maximum Gasteiger partial charge on any atom is 0.259 e. The molecule has 0 fully saturated rings. The summed E-state index contributed by atoms with van der Waals surface area (Å²) in [5.41, 5.74) is 2.68. The molecule has 0 bridgehead atoms. The van der Waals surface area contributed by atoms with Crippen molar-refractivity contribution >= 4 is 23.2 Å². The van der Waals surface area contributed by atoms with Crippen LogP contribution in [-0.2, 0) is 0 Å². The van der Waals surface area contributed by atoms with Crippen molar-refractivity contribution in [3.05, 3.63) is 58.1 Å². The first kappa shape index (κ1) is 13.4. The molecule has 0 saturated heterocycles. The third-order valence-corrected chi connectivity index (χ3v) is 3.08. The first-order valence-corrected chi connectivity index (χ1v) is 6.22. The number of aromatic hydroxyl groups is 1. The van der Waals surface area contributed by atoms with Gasteiger partial charge in [-0.05, 0) is 49.2 Å². The van der Waals surface area contributed by atoms with Gasteiger partial charge in [0.15, 0.2) is 0 Å². The quantitative estimate of drug-likeness (QED) is 0.873. The number of phenolic OH excluding ortho intramolecular Hbond substituents is 1. The predicted molar refractivity (Wildman–Crippen MR) is 77.0 cm³/mol. The fraction of sp³-hybridized carbons (Fsp3) is 0.133. The fourth-order valence-corrected chi connectivity index (χ4v) is 1.92. The Morgan fingerprint density at radius 3 is 2.58 bits per heavy atom. The summed E-state index contributed by atoms with van der Waals surface area (Å²) in [6.45, 7) is 3.73. The van der Waals surface area contributed by atoms with Crippen LogP contribution in [-0.4, -0.2) is 11.0 Å². The van der Waals surface area contributed by atoms with Crippen molar-refractivity contribution in [2.75, 3.05) is 5.32 Å². The molecule has 0 saturated carbocycles. The minimum atomic E-state index is -0.358. The van der Waals surface area contributed by atoms with Crippen LogP contribution in [0, 0.1) is 13.8 Å². The number of rotatable bonds is 2.